The van der Waals surface area contributed by atoms with Crippen LogP contribution in [0, 0.1) is 12.7 Å². The Morgan fingerprint density at radius 1 is 1.38 bits per heavy atom. The predicted molar refractivity (Wildman–Crippen MR) is 74.7 cm³/mol. The van der Waals surface area contributed by atoms with E-state index in [1.807, 2.05) is 0 Å². The van der Waals surface area contributed by atoms with Gasteiger partial charge in [0.15, 0.2) is 17.4 Å². The summed E-state index contributed by atoms with van der Waals surface area (Å²) in [6.45, 7) is 3.71. The van der Waals surface area contributed by atoms with E-state index in [9.17, 15) is 9.18 Å². The van der Waals surface area contributed by atoms with Crippen LogP contribution >= 0.6 is 0 Å². The number of benzene rings is 1. The molecule has 2 rings (SSSR count). The van der Waals surface area contributed by atoms with Crippen molar-refractivity contribution in [3.05, 3.63) is 41.5 Å². The fraction of sp³-hybridized carbons (Fsp3) is 0.267. The van der Waals surface area contributed by atoms with E-state index in [4.69, 9.17) is 9.47 Å². The Hall–Kier alpha value is -2.50. The average Bonchev–Trinajstić information content (AvgIpc) is 2.47. The highest BCUT2D eigenvalue weighted by Crippen LogP contribution is 2.24. The molecule has 6 heteroatoms. The molecule has 0 amide bonds. The van der Waals surface area contributed by atoms with Gasteiger partial charge in [-0.05, 0) is 32.0 Å². The van der Waals surface area contributed by atoms with E-state index in [0.717, 1.165) is 0 Å². The van der Waals surface area contributed by atoms with Crippen molar-refractivity contribution in [1.82, 2.24) is 9.97 Å². The van der Waals surface area contributed by atoms with Gasteiger partial charge in [0.2, 0.25) is 0 Å². The Morgan fingerprint density at radius 2 is 2.14 bits per heavy atom. The van der Waals surface area contributed by atoms with Crippen LogP contribution in [-0.4, -0.2) is 29.7 Å². The van der Waals surface area contributed by atoms with E-state index in [-0.39, 0.29) is 12.4 Å². The SMILES string of the molecule is CCOC(=O)c1cnc(-c2ccc(F)c(OC)c2)nc1C. The topological polar surface area (TPSA) is 61.3 Å². The largest absolute Gasteiger partial charge is 0.494 e. The van der Waals surface area contributed by atoms with Crippen molar-refractivity contribution in [2.75, 3.05) is 13.7 Å². The van der Waals surface area contributed by atoms with Crippen molar-refractivity contribution < 1.29 is 18.7 Å². The van der Waals surface area contributed by atoms with E-state index in [0.29, 0.717) is 22.6 Å². The molecule has 0 saturated heterocycles. The third-order valence-electron chi connectivity index (χ3n) is 2.88. The molecule has 0 atom stereocenters. The zero-order valence-corrected chi connectivity index (χ0v) is 12.0. The van der Waals surface area contributed by atoms with Crippen molar-refractivity contribution in [3.63, 3.8) is 0 Å². The molecule has 0 spiro atoms. The van der Waals surface area contributed by atoms with Crippen LogP contribution in [0.4, 0.5) is 4.39 Å². The highest BCUT2D eigenvalue weighted by Gasteiger charge is 2.14. The summed E-state index contributed by atoms with van der Waals surface area (Å²) in [4.78, 5) is 20.1. The van der Waals surface area contributed by atoms with Gasteiger partial charge in [-0.2, -0.15) is 0 Å². The second kappa shape index (κ2) is 6.30. The molecular formula is C15H15FN2O3. The fourth-order valence-corrected chi connectivity index (χ4v) is 1.81. The Balaban J connectivity index is 2.38. The van der Waals surface area contributed by atoms with E-state index in [2.05, 4.69) is 9.97 Å². The number of carbonyl (C=O) groups is 1. The molecule has 0 aliphatic heterocycles. The minimum Gasteiger partial charge on any atom is -0.494 e. The van der Waals surface area contributed by atoms with Crippen LogP contribution in [0.5, 0.6) is 5.75 Å². The smallest absolute Gasteiger partial charge is 0.341 e. The number of rotatable bonds is 4. The highest BCUT2D eigenvalue weighted by atomic mass is 19.1. The van der Waals surface area contributed by atoms with Crippen LogP contribution in [-0.2, 0) is 4.74 Å². The van der Waals surface area contributed by atoms with Crippen molar-refractivity contribution in [1.29, 1.82) is 0 Å². The normalized spacial score (nSPS) is 10.3. The summed E-state index contributed by atoms with van der Waals surface area (Å²) < 4.78 is 23.2. The third kappa shape index (κ3) is 3.16. The summed E-state index contributed by atoms with van der Waals surface area (Å²) in [6, 6.07) is 4.34. The first-order valence-corrected chi connectivity index (χ1v) is 6.41. The Morgan fingerprint density at radius 3 is 2.76 bits per heavy atom. The third-order valence-corrected chi connectivity index (χ3v) is 2.88. The summed E-state index contributed by atoms with van der Waals surface area (Å²) in [5.41, 5.74) is 1.42. The van der Waals surface area contributed by atoms with Crippen molar-refractivity contribution in [2.45, 2.75) is 13.8 Å². The van der Waals surface area contributed by atoms with Gasteiger partial charge in [0.05, 0.1) is 25.0 Å². The Labute approximate surface area is 121 Å². The van der Waals surface area contributed by atoms with Crippen LogP contribution in [0.2, 0.25) is 0 Å². The lowest BCUT2D eigenvalue weighted by atomic mass is 10.1. The number of esters is 1. The molecule has 0 fully saturated rings. The summed E-state index contributed by atoms with van der Waals surface area (Å²) in [7, 11) is 1.39. The lowest BCUT2D eigenvalue weighted by Gasteiger charge is -2.08. The number of nitrogens with zero attached hydrogens (tertiary/aromatic N) is 2. The maximum Gasteiger partial charge on any atom is 0.341 e. The molecule has 0 aliphatic rings. The first kappa shape index (κ1) is 14.9. The standard InChI is InChI=1S/C15H15FN2O3/c1-4-21-15(19)11-8-17-14(18-9(11)2)10-5-6-12(16)13(7-10)20-3/h5-8H,4H2,1-3H3. The number of hydrogen-bond donors (Lipinski definition) is 0. The molecule has 0 bridgehead atoms. The Kier molecular flexibility index (Phi) is 4.47. The molecule has 1 aromatic heterocycles. The second-order valence-corrected chi connectivity index (χ2v) is 4.26. The summed E-state index contributed by atoms with van der Waals surface area (Å²) in [5, 5.41) is 0. The molecule has 110 valence electrons. The monoisotopic (exact) mass is 290 g/mol. The van der Waals surface area contributed by atoms with E-state index in [1.54, 1.807) is 19.9 Å². The number of methoxy groups -OCH3 is 1. The van der Waals surface area contributed by atoms with Gasteiger partial charge >= 0.3 is 5.97 Å². The predicted octanol–water partition coefficient (Wildman–Crippen LogP) is 2.78. The van der Waals surface area contributed by atoms with Gasteiger partial charge in [0.1, 0.15) is 0 Å². The molecular weight excluding hydrogens is 275 g/mol. The molecule has 21 heavy (non-hydrogen) atoms. The minimum atomic E-state index is -0.460. The van der Waals surface area contributed by atoms with Crippen molar-refractivity contribution in [3.8, 4) is 17.1 Å². The molecule has 0 aliphatic carbocycles. The van der Waals surface area contributed by atoms with E-state index < -0.39 is 11.8 Å². The van der Waals surface area contributed by atoms with Gasteiger partial charge < -0.3 is 9.47 Å². The van der Waals surface area contributed by atoms with Gasteiger partial charge in [-0.3, -0.25) is 0 Å². The zero-order valence-electron chi connectivity index (χ0n) is 12.0. The number of carbonyl (C=O) groups excluding carboxylic acids is 1. The molecule has 0 N–H and O–H groups in total. The first-order chi connectivity index (χ1) is 10.1. The van der Waals surface area contributed by atoms with Crippen LogP contribution in [0.15, 0.2) is 24.4 Å². The van der Waals surface area contributed by atoms with Gasteiger partial charge in [0, 0.05) is 11.8 Å². The Bertz CT molecular complexity index is 674. The molecule has 0 saturated carbocycles. The molecule has 0 unspecified atom stereocenters. The number of aromatic nitrogens is 2. The second-order valence-electron chi connectivity index (χ2n) is 4.26. The first-order valence-electron chi connectivity index (χ1n) is 6.41. The lowest BCUT2D eigenvalue weighted by molar-refractivity contribution is 0.0524. The minimum absolute atomic E-state index is 0.114. The van der Waals surface area contributed by atoms with Crippen LogP contribution in [0.1, 0.15) is 23.0 Å². The number of ether oxygens (including phenoxy) is 2. The number of halogens is 1. The highest BCUT2D eigenvalue weighted by molar-refractivity contribution is 5.90. The van der Waals surface area contributed by atoms with Crippen molar-refractivity contribution >= 4 is 5.97 Å². The maximum absolute atomic E-state index is 13.4. The van der Waals surface area contributed by atoms with Gasteiger partial charge in [0.25, 0.3) is 0 Å². The van der Waals surface area contributed by atoms with Crippen molar-refractivity contribution in [2.24, 2.45) is 0 Å². The zero-order chi connectivity index (χ0) is 15.4. The summed E-state index contributed by atoms with van der Waals surface area (Å²) in [6.07, 6.45) is 1.41. The van der Waals surface area contributed by atoms with Gasteiger partial charge in [-0.15, -0.1) is 0 Å². The molecule has 5 nitrogen and oxygen atoms in total. The van der Waals surface area contributed by atoms with Crippen LogP contribution in [0.25, 0.3) is 11.4 Å². The number of hydrogen-bond acceptors (Lipinski definition) is 5. The quantitative estimate of drug-likeness (QED) is 0.810. The van der Waals surface area contributed by atoms with Gasteiger partial charge in [-0.25, -0.2) is 19.2 Å². The number of aryl methyl sites for hydroxylation is 1. The lowest BCUT2D eigenvalue weighted by Crippen LogP contribution is -2.09. The van der Waals surface area contributed by atoms with Gasteiger partial charge in [-0.1, -0.05) is 0 Å². The molecule has 1 heterocycles. The fourth-order valence-electron chi connectivity index (χ4n) is 1.81. The summed E-state index contributed by atoms with van der Waals surface area (Å²) in [5.74, 6) is -0.415. The van der Waals surface area contributed by atoms with Crippen LogP contribution < -0.4 is 4.74 Å². The molecule has 0 radical (unpaired) electrons. The van der Waals surface area contributed by atoms with E-state index >= 15 is 0 Å². The molecule has 2 aromatic rings. The van der Waals surface area contributed by atoms with Crippen LogP contribution in [0.3, 0.4) is 0 Å². The van der Waals surface area contributed by atoms with E-state index in [1.165, 1.54) is 25.4 Å². The average molecular weight is 290 g/mol. The summed E-state index contributed by atoms with van der Waals surface area (Å²) >= 11 is 0. The maximum atomic E-state index is 13.4. The molecule has 1 aromatic carbocycles.